The lowest BCUT2D eigenvalue weighted by molar-refractivity contribution is -0.144. The van der Waals surface area contributed by atoms with E-state index in [1.54, 1.807) is 0 Å². The zero-order valence-corrected chi connectivity index (χ0v) is 20.8. The molecule has 0 N–H and O–H groups in total. The first-order valence-corrected chi connectivity index (χ1v) is 13.6. The molecule has 4 atom stereocenters. The maximum Gasteiger partial charge on any atom is 0.330 e. The topological polar surface area (TPSA) is 44.8 Å². The summed E-state index contributed by atoms with van der Waals surface area (Å²) >= 11 is 0. The number of esters is 1. The van der Waals surface area contributed by atoms with Crippen LogP contribution in [-0.2, 0) is 18.7 Å². The van der Waals surface area contributed by atoms with Gasteiger partial charge in [-0.3, -0.25) is 0 Å². The van der Waals surface area contributed by atoms with E-state index in [0.717, 1.165) is 18.4 Å². The van der Waals surface area contributed by atoms with E-state index in [-0.39, 0.29) is 29.5 Å². The molecular weight excluding hydrogens is 380 g/mol. The molecule has 0 radical (unpaired) electrons. The Balaban J connectivity index is 2.86. The molecule has 0 bridgehead atoms. The Hall–Kier alpha value is -1.17. The normalized spacial score (nSPS) is 21.9. The summed E-state index contributed by atoms with van der Waals surface area (Å²) in [4.78, 5) is 11.7. The van der Waals surface area contributed by atoms with Gasteiger partial charge in [0.05, 0.1) is 18.3 Å². The summed E-state index contributed by atoms with van der Waals surface area (Å²) in [6, 6.07) is 0. The van der Waals surface area contributed by atoms with Gasteiger partial charge in [-0.05, 0) is 51.7 Å². The van der Waals surface area contributed by atoms with Crippen LogP contribution in [0.25, 0.3) is 0 Å². The molecule has 1 fully saturated rings. The predicted octanol–water partition coefficient (Wildman–Crippen LogP) is 6.34. The minimum atomic E-state index is -1.92. The Labute approximate surface area is 179 Å². The summed E-state index contributed by atoms with van der Waals surface area (Å²) < 4.78 is 18.7. The van der Waals surface area contributed by atoms with E-state index in [4.69, 9.17) is 13.9 Å². The molecule has 0 aromatic rings. The molecule has 0 aliphatic carbocycles. The van der Waals surface area contributed by atoms with Crippen LogP contribution in [0.5, 0.6) is 0 Å². The number of hydrogen-bond donors (Lipinski definition) is 0. The molecule has 0 amide bonds. The van der Waals surface area contributed by atoms with Crippen molar-refractivity contribution in [2.24, 2.45) is 0 Å². The van der Waals surface area contributed by atoms with Gasteiger partial charge < -0.3 is 13.9 Å². The highest BCUT2D eigenvalue weighted by atomic mass is 28.4. The van der Waals surface area contributed by atoms with Crippen LogP contribution in [0.15, 0.2) is 36.5 Å². The van der Waals surface area contributed by atoms with Crippen molar-refractivity contribution in [3.63, 3.8) is 0 Å². The molecule has 1 aliphatic rings. The van der Waals surface area contributed by atoms with E-state index in [9.17, 15) is 4.79 Å². The number of hydrogen-bond acceptors (Lipinski definition) is 4. The van der Waals surface area contributed by atoms with Crippen LogP contribution in [0.1, 0.15) is 67.2 Å². The molecule has 1 rings (SSSR count). The maximum absolute atomic E-state index is 11.7. The Kier molecular flexibility index (Phi) is 9.57. The second kappa shape index (κ2) is 10.7. The van der Waals surface area contributed by atoms with Crippen molar-refractivity contribution in [2.75, 3.05) is 0 Å². The van der Waals surface area contributed by atoms with Gasteiger partial charge in [-0.15, -0.1) is 6.58 Å². The smallest absolute Gasteiger partial charge is 0.330 e. The van der Waals surface area contributed by atoms with Gasteiger partial charge in [0.25, 0.3) is 0 Å². The van der Waals surface area contributed by atoms with Crippen LogP contribution in [0.2, 0.25) is 18.1 Å². The first-order valence-electron chi connectivity index (χ1n) is 10.7. The molecule has 5 heteroatoms. The number of ether oxygens (including phenoxy) is 2. The Morgan fingerprint density at radius 2 is 1.86 bits per heavy atom. The summed E-state index contributed by atoms with van der Waals surface area (Å²) in [5.41, 5.74) is 2.23. The van der Waals surface area contributed by atoms with Crippen molar-refractivity contribution in [1.82, 2.24) is 0 Å². The van der Waals surface area contributed by atoms with Crippen LogP contribution in [0.3, 0.4) is 0 Å². The fourth-order valence-corrected chi connectivity index (χ4v) is 4.53. The zero-order valence-electron chi connectivity index (χ0n) is 19.8. The second-order valence-corrected chi connectivity index (χ2v) is 14.9. The molecule has 166 valence electrons. The van der Waals surface area contributed by atoms with Crippen LogP contribution >= 0.6 is 0 Å². The van der Waals surface area contributed by atoms with Crippen LogP contribution in [-0.4, -0.2) is 38.7 Å². The number of rotatable bonds is 10. The molecule has 0 unspecified atom stereocenters. The third-order valence-electron chi connectivity index (χ3n) is 5.79. The van der Waals surface area contributed by atoms with Crippen LogP contribution in [0, 0.1) is 0 Å². The van der Waals surface area contributed by atoms with Gasteiger partial charge >= 0.3 is 5.97 Å². The number of carbonyl (C=O) groups is 1. The molecule has 1 aliphatic heterocycles. The Morgan fingerprint density at radius 1 is 1.24 bits per heavy atom. The molecule has 4 nitrogen and oxygen atoms in total. The molecule has 0 spiro atoms. The largest absolute Gasteiger partial charge is 0.459 e. The van der Waals surface area contributed by atoms with Gasteiger partial charge in [0.1, 0.15) is 6.10 Å². The maximum atomic E-state index is 11.7. The summed E-state index contributed by atoms with van der Waals surface area (Å²) in [6.07, 6.45) is 6.43. The quantitative estimate of drug-likeness (QED) is 0.178. The molecule has 1 saturated heterocycles. The summed E-state index contributed by atoms with van der Waals surface area (Å²) in [7, 11) is -1.92. The van der Waals surface area contributed by atoms with Crippen molar-refractivity contribution in [2.45, 2.75) is 110 Å². The van der Waals surface area contributed by atoms with E-state index >= 15 is 0 Å². The SMILES string of the molecule is C=CC(=O)O[C@@H](CC(=C)C)C[C@H]1CC[C@H]([C@@H](C=C(C)C)O[Si](C)(C)C(C)(C)C)O1. The zero-order chi connectivity index (χ0) is 22.4. The first kappa shape index (κ1) is 25.9. The fourth-order valence-electron chi connectivity index (χ4n) is 3.28. The molecule has 1 heterocycles. The summed E-state index contributed by atoms with van der Waals surface area (Å²) in [5.74, 6) is -0.394. The van der Waals surface area contributed by atoms with E-state index in [0.29, 0.717) is 12.8 Å². The monoisotopic (exact) mass is 422 g/mol. The molecule has 0 aromatic carbocycles. The lowest BCUT2D eigenvalue weighted by atomic mass is 10.0. The minimum absolute atomic E-state index is 0.0320. The van der Waals surface area contributed by atoms with Crippen molar-refractivity contribution in [1.29, 1.82) is 0 Å². The van der Waals surface area contributed by atoms with Crippen LogP contribution < -0.4 is 0 Å². The highest BCUT2D eigenvalue weighted by Crippen LogP contribution is 2.39. The highest BCUT2D eigenvalue weighted by Gasteiger charge is 2.42. The van der Waals surface area contributed by atoms with Gasteiger partial charge in [0.2, 0.25) is 0 Å². The van der Waals surface area contributed by atoms with Gasteiger partial charge in [0.15, 0.2) is 8.32 Å². The lowest BCUT2D eigenvalue weighted by Gasteiger charge is -2.40. The molecular formula is C24H42O4Si. The van der Waals surface area contributed by atoms with Gasteiger partial charge in [-0.25, -0.2) is 4.79 Å². The lowest BCUT2D eigenvalue weighted by Crippen LogP contribution is -2.46. The molecule has 0 aromatic heterocycles. The number of carbonyl (C=O) groups excluding carboxylic acids is 1. The second-order valence-electron chi connectivity index (χ2n) is 10.1. The Morgan fingerprint density at radius 3 is 2.34 bits per heavy atom. The van der Waals surface area contributed by atoms with E-state index in [2.05, 4.69) is 66.9 Å². The van der Waals surface area contributed by atoms with Gasteiger partial charge in [-0.1, -0.05) is 44.6 Å². The van der Waals surface area contributed by atoms with Crippen molar-refractivity contribution in [3.8, 4) is 0 Å². The van der Waals surface area contributed by atoms with Crippen molar-refractivity contribution >= 4 is 14.3 Å². The van der Waals surface area contributed by atoms with E-state index in [1.165, 1.54) is 11.6 Å². The predicted molar refractivity (Wildman–Crippen MR) is 124 cm³/mol. The Bertz CT molecular complexity index is 611. The molecule has 0 saturated carbocycles. The average Bonchev–Trinajstić information content (AvgIpc) is 3.00. The number of allylic oxidation sites excluding steroid dienone is 1. The minimum Gasteiger partial charge on any atom is -0.459 e. The van der Waals surface area contributed by atoms with E-state index in [1.807, 2.05) is 6.92 Å². The standard InChI is InChI=1S/C24H42O4Si/c1-11-23(25)27-20(14-17(2)3)16-19-12-13-21(26-19)22(15-18(4)5)28-29(9,10)24(6,7)8/h11,15,19-22H,1-2,12-14,16H2,3-10H3/t19-,20+,21-,22-/m1/s1. The van der Waals surface area contributed by atoms with Gasteiger partial charge in [-0.2, -0.15) is 0 Å². The van der Waals surface area contributed by atoms with Gasteiger partial charge in [0, 0.05) is 18.9 Å². The summed E-state index contributed by atoms with van der Waals surface area (Å²) in [6.45, 7) is 24.9. The fraction of sp³-hybridized carbons (Fsp3) is 0.708. The summed E-state index contributed by atoms with van der Waals surface area (Å²) in [5, 5.41) is 0.143. The first-order chi connectivity index (χ1) is 13.2. The highest BCUT2D eigenvalue weighted by molar-refractivity contribution is 6.74. The average molecular weight is 423 g/mol. The van der Waals surface area contributed by atoms with Crippen molar-refractivity contribution < 1.29 is 18.7 Å². The van der Waals surface area contributed by atoms with Crippen LogP contribution in [0.4, 0.5) is 0 Å². The molecule has 29 heavy (non-hydrogen) atoms. The third-order valence-corrected chi connectivity index (χ3v) is 10.3. The van der Waals surface area contributed by atoms with Crippen molar-refractivity contribution in [3.05, 3.63) is 36.5 Å². The third kappa shape index (κ3) is 8.61. The van der Waals surface area contributed by atoms with E-state index < -0.39 is 14.3 Å².